The smallest absolute Gasteiger partial charge is 0.246 e. The van der Waals surface area contributed by atoms with Crippen LogP contribution in [0, 0.1) is 0 Å². The van der Waals surface area contributed by atoms with Crippen molar-refractivity contribution in [1.29, 1.82) is 0 Å². The summed E-state index contributed by atoms with van der Waals surface area (Å²) in [5, 5.41) is 9.99. The van der Waals surface area contributed by atoms with Gasteiger partial charge >= 0.3 is 0 Å². The number of nitrogens with zero attached hydrogens (tertiary/aromatic N) is 3. The summed E-state index contributed by atoms with van der Waals surface area (Å²) in [6.45, 7) is 1.25. The molecule has 0 saturated carbocycles. The first-order chi connectivity index (χ1) is 10.3. The van der Waals surface area contributed by atoms with Crippen molar-refractivity contribution in [3.05, 3.63) is 30.4 Å². The van der Waals surface area contributed by atoms with Crippen LogP contribution in [0.5, 0.6) is 0 Å². The Morgan fingerprint density at radius 1 is 1.35 bits per heavy atom. The first-order valence-electron chi connectivity index (χ1n) is 7.04. The van der Waals surface area contributed by atoms with Gasteiger partial charge in [0.05, 0.1) is 6.54 Å². The predicted octanol–water partition coefficient (Wildman–Crippen LogP) is 1.73. The van der Waals surface area contributed by atoms with Gasteiger partial charge in [0, 0.05) is 30.4 Å². The van der Waals surface area contributed by atoms with Crippen molar-refractivity contribution in [3.8, 4) is 11.4 Å². The topological polar surface area (TPSA) is 92.9 Å². The van der Waals surface area contributed by atoms with Gasteiger partial charge in [-0.2, -0.15) is 4.98 Å². The predicted molar refractivity (Wildman–Crippen MR) is 89.5 cm³/mol. The number of carbonyl (C=O) groups is 1. The van der Waals surface area contributed by atoms with E-state index in [1.807, 2.05) is 0 Å². The zero-order valence-corrected chi connectivity index (χ0v) is 14.0. The average molecular weight is 360 g/mol. The van der Waals surface area contributed by atoms with Gasteiger partial charge in [0.15, 0.2) is 0 Å². The lowest BCUT2D eigenvalue weighted by molar-refractivity contribution is -0.121. The van der Waals surface area contributed by atoms with Gasteiger partial charge in [-0.05, 0) is 31.5 Å². The van der Waals surface area contributed by atoms with Crippen molar-refractivity contribution in [3.63, 3.8) is 0 Å². The normalized spacial score (nSPS) is 16.3. The Bertz CT molecular complexity index is 602. The lowest BCUT2D eigenvalue weighted by atomic mass is 10.1. The quantitative estimate of drug-likeness (QED) is 0.844. The molecule has 0 bridgehead atoms. The zero-order valence-electron chi connectivity index (χ0n) is 12.4. The van der Waals surface area contributed by atoms with Gasteiger partial charge in [-0.3, -0.25) is 9.78 Å². The van der Waals surface area contributed by atoms with Gasteiger partial charge in [0.1, 0.15) is 0 Å². The van der Waals surface area contributed by atoms with Crippen molar-refractivity contribution in [2.75, 3.05) is 6.54 Å². The molecule has 1 aliphatic rings. The number of aromatic nitrogens is 3. The van der Waals surface area contributed by atoms with Gasteiger partial charge in [0.25, 0.3) is 0 Å². The molecule has 0 radical (unpaired) electrons. The maximum absolute atomic E-state index is 11.8. The molecule has 1 aliphatic heterocycles. The van der Waals surface area contributed by atoms with E-state index in [1.165, 1.54) is 0 Å². The third-order valence-corrected chi connectivity index (χ3v) is 3.44. The number of amides is 1. The molecule has 7 nitrogen and oxygen atoms in total. The summed E-state index contributed by atoms with van der Waals surface area (Å²) >= 11 is 0. The highest BCUT2D eigenvalue weighted by molar-refractivity contribution is 5.85. The lowest BCUT2D eigenvalue weighted by Gasteiger charge is -2.08. The van der Waals surface area contributed by atoms with Crippen LogP contribution in [0.1, 0.15) is 25.2 Å². The fourth-order valence-electron chi connectivity index (χ4n) is 2.35. The maximum Gasteiger partial charge on any atom is 0.246 e. The molecular formula is C14H19Cl2N5O2. The standard InChI is InChI=1S/C14H17N5O2.2ClH/c20-12(8-11-2-1-5-16-11)17-9-13-18-14(19-21-13)10-3-6-15-7-4-10;;/h3-4,6-7,11,16H,1-2,5,8-9H2,(H,17,20);2*1H. The molecule has 1 saturated heterocycles. The molecular weight excluding hydrogens is 341 g/mol. The third kappa shape index (κ3) is 5.46. The van der Waals surface area contributed by atoms with Crippen LogP contribution in [-0.4, -0.2) is 33.6 Å². The molecule has 0 aromatic carbocycles. The van der Waals surface area contributed by atoms with Gasteiger partial charge < -0.3 is 15.2 Å². The molecule has 23 heavy (non-hydrogen) atoms. The number of nitrogens with one attached hydrogen (secondary N) is 2. The van der Waals surface area contributed by atoms with E-state index >= 15 is 0 Å². The summed E-state index contributed by atoms with van der Waals surface area (Å²) in [7, 11) is 0. The first-order valence-corrected chi connectivity index (χ1v) is 7.04. The molecule has 2 aromatic heterocycles. The molecule has 9 heteroatoms. The highest BCUT2D eigenvalue weighted by atomic mass is 35.5. The van der Waals surface area contributed by atoms with Crippen LogP contribution in [-0.2, 0) is 11.3 Å². The van der Waals surface area contributed by atoms with Crippen molar-refractivity contribution in [2.45, 2.75) is 31.8 Å². The van der Waals surface area contributed by atoms with E-state index in [4.69, 9.17) is 4.52 Å². The van der Waals surface area contributed by atoms with Gasteiger partial charge in [-0.15, -0.1) is 24.8 Å². The zero-order chi connectivity index (χ0) is 14.5. The minimum atomic E-state index is -0.00180. The Morgan fingerprint density at radius 3 is 2.83 bits per heavy atom. The average Bonchev–Trinajstić information content (AvgIpc) is 3.17. The lowest BCUT2D eigenvalue weighted by Crippen LogP contribution is -2.31. The number of halogens is 2. The molecule has 0 spiro atoms. The Hall–Kier alpha value is -1.70. The van der Waals surface area contributed by atoms with Crippen LogP contribution >= 0.6 is 24.8 Å². The fraction of sp³-hybridized carbons (Fsp3) is 0.429. The van der Waals surface area contributed by atoms with E-state index in [9.17, 15) is 4.79 Å². The molecule has 3 rings (SSSR count). The van der Waals surface area contributed by atoms with Crippen LogP contribution in [0.15, 0.2) is 29.0 Å². The summed E-state index contributed by atoms with van der Waals surface area (Å²) in [5.74, 6) is 0.895. The monoisotopic (exact) mass is 359 g/mol. The van der Waals surface area contributed by atoms with Crippen molar-refractivity contribution in [2.24, 2.45) is 0 Å². The number of hydrogen-bond donors (Lipinski definition) is 2. The van der Waals surface area contributed by atoms with Gasteiger partial charge in [-0.25, -0.2) is 0 Å². The molecule has 2 N–H and O–H groups in total. The molecule has 1 amide bonds. The number of pyridine rings is 1. The largest absolute Gasteiger partial charge is 0.347 e. The van der Waals surface area contributed by atoms with Crippen LogP contribution in [0.25, 0.3) is 11.4 Å². The van der Waals surface area contributed by atoms with Crippen LogP contribution in [0.3, 0.4) is 0 Å². The van der Waals surface area contributed by atoms with E-state index in [1.54, 1.807) is 24.5 Å². The van der Waals surface area contributed by atoms with E-state index in [0.29, 0.717) is 24.2 Å². The summed E-state index contributed by atoms with van der Waals surface area (Å²) in [6, 6.07) is 3.90. The van der Waals surface area contributed by atoms with Gasteiger partial charge in [-0.1, -0.05) is 5.16 Å². The van der Waals surface area contributed by atoms with Crippen molar-refractivity contribution in [1.82, 2.24) is 25.8 Å². The summed E-state index contributed by atoms with van der Waals surface area (Å²) in [6.07, 6.45) is 6.02. The molecule has 1 fully saturated rings. The maximum atomic E-state index is 11.8. The molecule has 1 atom stereocenters. The van der Waals surface area contributed by atoms with Crippen LogP contribution < -0.4 is 10.6 Å². The number of rotatable bonds is 5. The van der Waals surface area contributed by atoms with Crippen LogP contribution in [0.2, 0.25) is 0 Å². The molecule has 3 heterocycles. The first kappa shape index (κ1) is 19.3. The Balaban J connectivity index is 0.00000132. The highest BCUT2D eigenvalue weighted by Gasteiger charge is 2.18. The second-order valence-corrected chi connectivity index (χ2v) is 5.02. The second-order valence-electron chi connectivity index (χ2n) is 5.02. The Morgan fingerprint density at radius 2 is 2.13 bits per heavy atom. The van der Waals surface area contributed by atoms with Crippen LogP contribution in [0.4, 0.5) is 0 Å². The van der Waals surface area contributed by atoms with E-state index in [-0.39, 0.29) is 37.3 Å². The highest BCUT2D eigenvalue weighted by Crippen LogP contribution is 2.14. The molecule has 2 aromatic rings. The van der Waals surface area contributed by atoms with Gasteiger partial charge in [0.2, 0.25) is 17.6 Å². The Labute approximate surface area is 146 Å². The van der Waals surface area contributed by atoms with E-state index in [2.05, 4.69) is 25.8 Å². The number of hydrogen-bond acceptors (Lipinski definition) is 6. The summed E-state index contributed by atoms with van der Waals surface area (Å²) in [4.78, 5) is 20.0. The minimum Gasteiger partial charge on any atom is -0.347 e. The summed E-state index contributed by atoms with van der Waals surface area (Å²) < 4.78 is 5.13. The minimum absolute atomic E-state index is 0. The van der Waals surface area contributed by atoms with E-state index in [0.717, 1.165) is 24.9 Å². The van der Waals surface area contributed by atoms with Crippen molar-refractivity contribution >= 4 is 30.7 Å². The molecule has 126 valence electrons. The van der Waals surface area contributed by atoms with E-state index < -0.39 is 0 Å². The Kier molecular flexibility index (Phi) is 7.94. The number of carbonyl (C=O) groups excluding carboxylic acids is 1. The SMILES string of the molecule is Cl.Cl.O=C(CC1CCCN1)NCc1nc(-c2ccncc2)no1. The fourth-order valence-corrected chi connectivity index (χ4v) is 2.35. The molecule has 0 aliphatic carbocycles. The summed E-state index contributed by atoms with van der Waals surface area (Å²) in [5.41, 5.74) is 0.835. The van der Waals surface area contributed by atoms with Crippen molar-refractivity contribution < 1.29 is 9.32 Å². The molecule has 1 unspecified atom stereocenters. The third-order valence-electron chi connectivity index (χ3n) is 3.44. The second kappa shape index (κ2) is 9.44.